The lowest BCUT2D eigenvalue weighted by Gasteiger charge is -2.02. The highest BCUT2D eigenvalue weighted by Gasteiger charge is 2.17. The van der Waals surface area contributed by atoms with Crippen molar-refractivity contribution in [2.75, 3.05) is 5.32 Å². The van der Waals surface area contributed by atoms with E-state index >= 15 is 0 Å². The number of thiazole rings is 1. The molecule has 2 aromatic rings. The van der Waals surface area contributed by atoms with Crippen LogP contribution in [0.1, 0.15) is 22.6 Å². The third-order valence-corrected chi connectivity index (χ3v) is 4.43. The normalized spacial score (nSPS) is 13.0. The van der Waals surface area contributed by atoms with Crippen LogP contribution in [0, 0.1) is 10.1 Å². The molecule has 1 aromatic heterocycles. The number of nitro groups is 1. The summed E-state index contributed by atoms with van der Waals surface area (Å²) in [4.78, 5) is 27.7. The Morgan fingerprint density at radius 2 is 2.10 bits per heavy atom. The number of amides is 1. The van der Waals surface area contributed by atoms with Crippen LogP contribution in [-0.2, 0) is 24.1 Å². The zero-order chi connectivity index (χ0) is 14.8. The van der Waals surface area contributed by atoms with Gasteiger partial charge in [0, 0.05) is 17.0 Å². The maximum absolute atomic E-state index is 11.9. The van der Waals surface area contributed by atoms with Gasteiger partial charge in [-0.05, 0) is 24.8 Å². The maximum atomic E-state index is 11.9. The predicted molar refractivity (Wildman–Crippen MR) is 79.6 cm³/mol. The number of carbonyl (C=O) groups is 1. The van der Waals surface area contributed by atoms with E-state index in [-0.39, 0.29) is 18.0 Å². The molecule has 0 saturated carbocycles. The summed E-state index contributed by atoms with van der Waals surface area (Å²) in [5.41, 5.74) is 1.86. The third-order valence-electron chi connectivity index (χ3n) is 3.35. The van der Waals surface area contributed by atoms with Gasteiger partial charge in [-0.2, -0.15) is 0 Å². The molecule has 0 unspecified atom stereocenters. The first-order chi connectivity index (χ1) is 10.1. The average Bonchev–Trinajstić information content (AvgIpc) is 3.00. The number of aryl methyl sites for hydroxylation is 2. The van der Waals surface area contributed by atoms with Crippen LogP contribution in [0.3, 0.4) is 0 Å². The maximum Gasteiger partial charge on any atom is 0.269 e. The van der Waals surface area contributed by atoms with Gasteiger partial charge in [0.2, 0.25) is 5.91 Å². The summed E-state index contributed by atoms with van der Waals surface area (Å²) in [5.74, 6) is -0.156. The van der Waals surface area contributed by atoms with E-state index in [0.29, 0.717) is 5.13 Å². The molecule has 1 aliphatic carbocycles. The van der Waals surface area contributed by atoms with E-state index in [1.807, 2.05) is 0 Å². The Hall–Kier alpha value is -2.28. The molecule has 0 atom stereocenters. The highest BCUT2D eigenvalue weighted by atomic mass is 32.1. The van der Waals surface area contributed by atoms with Crippen molar-refractivity contribution in [3.05, 3.63) is 50.5 Å². The number of hydrogen-bond acceptors (Lipinski definition) is 5. The Kier molecular flexibility index (Phi) is 3.66. The molecule has 1 heterocycles. The van der Waals surface area contributed by atoms with Crippen LogP contribution in [-0.4, -0.2) is 15.8 Å². The number of fused-ring (bicyclic) bond motifs is 1. The van der Waals surface area contributed by atoms with Crippen molar-refractivity contribution < 1.29 is 9.72 Å². The Labute approximate surface area is 125 Å². The summed E-state index contributed by atoms with van der Waals surface area (Å²) in [6, 6.07) is 6.00. The van der Waals surface area contributed by atoms with Crippen molar-refractivity contribution in [3.8, 4) is 0 Å². The van der Waals surface area contributed by atoms with Crippen LogP contribution in [0.4, 0.5) is 10.8 Å². The van der Waals surface area contributed by atoms with Gasteiger partial charge in [-0.15, -0.1) is 11.3 Å². The monoisotopic (exact) mass is 303 g/mol. The summed E-state index contributed by atoms with van der Waals surface area (Å²) in [6.07, 6.45) is 3.36. The van der Waals surface area contributed by atoms with Gasteiger partial charge in [0.1, 0.15) is 0 Å². The molecule has 6 nitrogen and oxygen atoms in total. The highest BCUT2D eigenvalue weighted by molar-refractivity contribution is 7.15. The van der Waals surface area contributed by atoms with Crippen molar-refractivity contribution in [1.82, 2.24) is 4.98 Å². The number of non-ortho nitro benzene ring substituents is 1. The third kappa shape index (κ3) is 3.08. The van der Waals surface area contributed by atoms with E-state index in [4.69, 9.17) is 0 Å². The van der Waals surface area contributed by atoms with Crippen LogP contribution in [0.5, 0.6) is 0 Å². The Balaban J connectivity index is 1.61. The fourth-order valence-electron chi connectivity index (χ4n) is 2.33. The molecule has 1 amide bonds. The summed E-state index contributed by atoms with van der Waals surface area (Å²) in [5, 5.41) is 14.0. The Morgan fingerprint density at radius 1 is 1.33 bits per heavy atom. The first-order valence-electron chi connectivity index (χ1n) is 6.63. The first kappa shape index (κ1) is 13.7. The van der Waals surface area contributed by atoms with Gasteiger partial charge in [0.05, 0.1) is 17.0 Å². The molecular weight excluding hydrogens is 290 g/mol. The largest absolute Gasteiger partial charge is 0.302 e. The quantitative estimate of drug-likeness (QED) is 0.695. The molecule has 0 spiro atoms. The van der Waals surface area contributed by atoms with Crippen molar-refractivity contribution >= 4 is 28.1 Å². The lowest BCUT2D eigenvalue weighted by atomic mass is 10.1. The zero-order valence-corrected chi connectivity index (χ0v) is 12.0. The molecule has 0 fully saturated rings. The molecule has 21 heavy (non-hydrogen) atoms. The van der Waals surface area contributed by atoms with Crippen molar-refractivity contribution in [2.45, 2.75) is 25.7 Å². The summed E-state index contributed by atoms with van der Waals surface area (Å²) in [7, 11) is 0. The fraction of sp³-hybridized carbons (Fsp3) is 0.286. The predicted octanol–water partition coefficient (Wildman–Crippen LogP) is 2.72. The van der Waals surface area contributed by atoms with Crippen LogP contribution in [0.25, 0.3) is 0 Å². The second-order valence-electron chi connectivity index (χ2n) is 4.89. The van der Waals surface area contributed by atoms with Crippen LogP contribution < -0.4 is 5.32 Å². The number of nitrogens with one attached hydrogen (secondary N) is 1. The standard InChI is InChI=1S/C14H13N3O3S/c18-13(8-9-4-6-10(7-5-9)17(19)20)16-14-15-11-2-1-3-12(11)21-14/h4-7H,1-3,8H2,(H,15,16,18). The molecule has 108 valence electrons. The number of hydrogen-bond donors (Lipinski definition) is 1. The lowest BCUT2D eigenvalue weighted by Crippen LogP contribution is -2.14. The number of anilines is 1. The van der Waals surface area contributed by atoms with E-state index in [0.717, 1.165) is 30.5 Å². The molecule has 1 aliphatic rings. The van der Waals surface area contributed by atoms with Crippen molar-refractivity contribution in [3.63, 3.8) is 0 Å². The van der Waals surface area contributed by atoms with E-state index in [1.165, 1.54) is 28.3 Å². The molecule has 0 saturated heterocycles. The highest BCUT2D eigenvalue weighted by Crippen LogP contribution is 2.30. The van der Waals surface area contributed by atoms with E-state index in [9.17, 15) is 14.9 Å². The SMILES string of the molecule is O=C(Cc1ccc([N+](=O)[O-])cc1)Nc1nc2c(s1)CCC2. The molecule has 0 radical (unpaired) electrons. The topological polar surface area (TPSA) is 85.1 Å². The number of nitro benzene ring substituents is 1. The number of nitrogens with zero attached hydrogens (tertiary/aromatic N) is 2. The number of carbonyl (C=O) groups excluding carboxylic acids is 1. The van der Waals surface area contributed by atoms with Gasteiger partial charge in [-0.3, -0.25) is 14.9 Å². The Morgan fingerprint density at radius 3 is 2.76 bits per heavy atom. The second kappa shape index (κ2) is 5.61. The lowest BCUT2D eigenvalue weighted by molar-refractivity contribution is -0.384. The van der Waals surface area contributed by atoms with Gasteiger partial charge in [-0.1, -0.05) is 12.1 Å². The fourth-order valence-corrected chi connectivity index (χ4v) is 3.39. The van der Waals surface area contributed by atoms with Gasteiger partial charge < -0.3 is 5.32 Å². The average molecular weight is 303 g/mol. The minimum absolute atomic E-state index is 0.0236. The first-order valence-corrected chi connectivity index (χ1v) is 7.45. The van der Waals surface area contributed by atoms with Crippen LogP contribution in [0.2, 0.25) is 0 Å². The van der Waals surface area contributed by atoms with Crippen molar-refractivity contribution in [2.24, 2.45) is 0 Å². The molecule has 0 aliphatic heterocycles. The smallest absolute Gasteiger partial charge is 0.269 e. The minimum Gasteiger partial charge on any atom is -0.302 e. The molecule has 0 bridgehead atoms. The molecule has 3 rings (SSSR count). The summed E-state index contributed by atoms with van der Waals surface area (Å²) < 4.78 is 0. The molecular formula is C14H13N3O3S. The van der Waals surface area contributed by atoms with E-state index < -0.39 is 4.92 Å². The Bertz CT molecular complexity index is 672. The van der Waals surface area contributed by atoms with Gasteiger partial charge in [-0.25, -0.2) is 4.98 Å². The zero-order valence-electron chi connectivity index (χ0n) is 11.2. The van der Waals surface area contributed by atoms with Gasteiger partial charge in [0.15, 0.2) is 5.13 Å². The van der Waals surface area contributed by atoms with Crippen LogP contribution in [0.15, 0.2) is 24.3 Å². The number of rotatable bonds is 4. The van der Waals surface area contributed by atoms with Crippen molar-refractivity contribution in [1.29, 1.82) is 0 Å². The summed E-state index contributed by atoms with van der Waals surface area (Å²) >= 11 is 1.53. The second-order valence-corrected chi connectivity index (χ2v) is 5.97. The number of aromatic nitrogens is 1. The van der Waals surface area contributed by atoms with Gasteiger partial charge in [0.25, 0.3) is 5.69 Å². The van der Waals surface area contributed by atoms with Gasteiger partial charge >= 0.3 is 0 Å². The minimum atomic E-state index is -0.457. The van der Waals surface area contributed by atoms with E-state index in [2.05, 4.69) is 10.3 Å². The molecule has 1 N–H and O–H groups in total. The number of benzene rings is 1. The van der Waals surface area contributed by atoms with Crippen LogP contribution >= 0.6 is 11.3 Å². The van der Waals surface area contributed by atoms with E-state index in [1.54, 1.807) is 12.1 Å². The molecule has 1 aromatic carbocycles. The summed E-state index contributed by atoms with van der Waals surface area (Å²) in [6.45, 7) is 0. The molecule has 7 heteroatoms.